The Kier molecular flexibility index (Phi) is 2.79. The lowest BCUT2D eigenvalue weighted by Gasteiger charge is -2.06. The molecule has 0 atom stereocenters. The molecule has 0 fully saturated rings. The quantitative estimate of drug-likeness (QED) is 0.789. The van der Waals surface area contributed by atoms with Gasteiger partial charge >= 0.3 is 0 Å². The highest BCUT2D eigenvalue weighted by Gasteiger charge is 2.20. The lowest BCUT2D eigenvalue weighted by atomic mass is 10.1. The number of benzene rings is 1. The zero-order valence-electron chi connectivity index (χ0n) is 9.28. The summed E-state index contributed by atoms with van der Waals surface area (Å²) >= 11 is 3.33. The smallest absolute Gasteiger partial charge is 0.162 e. The van der Waals surface area contributed by atoms with E-state index in [0.29, 0.717) is 15.4 Å². The molecule has 1 heterocycles. The Morgan fingerprint density at radius 3 is 2.53 bits per heavy atom. The Labute approximate surface area is 106 Å². The first-order valence-corrected chi connectivity index (χ1v) is 5.73. The number of aromatic carboxylic acids is 1. The van der Waals surface area contributed by atoms with Gasteiger partial charge in [0.25, 0.3) is 0 Å². The van der Waals surface area contributed by atoms with Crippen LogP contribution in [0.15, 0.2) is 22.7 Å². The Morgan fingerprint density at radius 1 is 1.35 bits per heavy atom. The summed E-state index contributed by atoms with van der Waals surface area (Å²) in [4.78, 5) is 22.8. The molecule has 0 aliphatic heterocycles. The number of carboxylic acid groups (broad SMARTS) is 1. The summed E-state index contributed by atoms with van der Waals surface area (Å²) in [6, 6.07) is 5.32. The molecule has 0 amide bonds. The molecule has 0 saturated carbocycles. The molecule has 0 aliphatic carbocycles. The van der Waals surface area contributed by atoms with E-state index in [0.717, 1.165) is 0 Å². The van der Waals surface area contributed by atoms with Crippen molar-refractivity contribution in [1.29, 1.82) is 0 Å². The van der Waals surface area contributed by atoms with Crippen molar-refractivity contribution in [2.45, 2.75) is 6.92 Å². The highest BCUT2D eigenvalue weighted by atomic mass is 79.9. The fourth-order valence-electron chi connectivity index (χ4n) is 2.03. The van der Waals surface area contributed by atoms with Gasteiger partial charge in [-0.15, -0.1) is 0 Å². The lowest BCUT2D eigenvalue weighted by molar-refractivity contribution is -0.255. The SMILES string of the molecule is CC(=O)c1c(C(=O)[O-])n(C)c2cccc(Br)c12. The number of ketones is 1. The van der Waals surface area contributed by atoms with Gasteiger partial charge in [0, 0.05) is 16.9 Å². The number of nitrogens with zero attached hydrogens (tertiary/aromatic N) is 1. The van der Waals surface area contributed by atoms with Gasteiger partial charge in [0.2, 0.25) is 0 Å². The molecule has 0 aliphatic rings. The molecular formula is C12H9BrNO3-. The highest BCUT2D eigenvalue weighted by Crippen LogP contribution is 2.31. The topological polar surface area (TPSA) is 62.1 Å². The molecule has 0 spiro atoms. The van der Waals surface area contributed by atoms with Crippen molar-refractivity contribution in [2.24, 2.45) is 7.05 Å². The molecule has 2 aromatic rings. The summed E-state index contributed by atoms with van der Waals surface area (Å²) in [5.41, 5.74) is 0.790. The van der Waals surface area contributed by atoms with Crippen molar-refractivity contribution in [3.63, 3.8) is 0 Å². The van der Waals surface area contributed by atoms with E-state index in [9.17, 15) is 14.7 Å². The number of hydrogen-bond acceptors (Lipinski definition) is 3. The Hall–Kier alpha value is -1.62. The molecule has 2 rings (SSSR count). The second-order valence-electron chi connectivity index (χ2n) is 3.76. The molecule has 0 N–H and O–H groups in total. The minimum atomic E-state index is -1.35. The second-order valence-corrected chi connectivity index (χ2v) is 4.61. The number of rotatable bonds is 2. The van der Waals surface area contributed by atoms with Crippen molar-refractivity contribution in [2.75, 3.05) is 0 Å². The summed E-state index contributed by atoms with van der Waals surface area (Å²) in [5, 5.41) is 11.7. The van der Waals surface area contributed by atoms with E-state index >= 15 is 0 Å². The maximum atomic E-state index is 11.6. The molecule has 0 radical (unpaired) electrons. The van der Waals surface area contributed by atoms with Crippen molar-refractivity contribution in [1.82, 2.24) is 4.57 Å². The summed E-state index contributed by atoms with van der Waals surface area (Å²) < 4.78 is 2.16. The lowest BCUT2D eigenvalue weighted by Crippen LogP contribution is -2.26. The number of carbonyl (C=O) groups excluding carboxylic acids is 2. The number of Topliss-reactive ketones (excluding diaryl/α,β-unsaturated/α-hetero) is 1. The molecule has 0 unspecified atom stereocenters. The molecule has 0 saturated heterocycles. The van der Waals surface area contributed by atoms with E-state index in [-0.39, 0.29) is 17.0 Å². The van der Waals surface area contributed by atoms with Crippen molar-refractivity contribution >= 4 is 38.6 Å². The van der Waals surface area contributed by atoms with Crippen LogP contribution in [0.1, 0.15) is 27.8 Å². The van der Waals surface area contributed by atoms with Gasteiger partial charge in [-0.3, -0.25) is 4.79 Å². The molecule has 4 nitrogen and oxygen atoms in total. The number of carboxylic acids is 1. The first-order valence-electron chi connectivity index (χ1n) is 4.94. The van der Waals surface area contributed by atoms with Crippen molar-refractivity contribution in [3.8, 4) is 0 Å². The summed E-state index contributed by atoms with van der Waals surface area (Å²) in [7, 11) is 1.60. The van der Waals surface area contributed by atoms with Crippen LogP contribution in [0, 0.1) is 0 Å². The van der Waals surface area contributed by atoms with Gasteiger partial charge in [0.05, 0.1) is 22.7 Å². The standard InChI is InChI=1S/C12H10BrNO3/c1-6(15)9-10-7(13)4-3-5-8(10)14(2)11(9)12(16)17/h3-5H,1-2H3,(H,16,17)/p-1. The van der Waals surface area contributed by atoms with E-state index < -0.39 is 5.97 Å². The third kappa shape index (κ3) is 1.67. The van der Waals surface area contributed by atoms with Crippen LogP contribution in [-0.4, -0.2) is 16.3 Å². The van der Waals surface area contributed by atoms with E-state index in [1.807, 2.05) is 0 Å². The first kappa shape index (κ1) is 11.9. The predicted molar refractivity (Wildman–Crippen MR) is 65.0 cm³/mol. The second kappa shape index (κ2) is 4.00. The van der Waals surface area contributed by atoms with Crippen LogP contribution in [0.5, 0.6) is 0 Å². The minimum Gasteiger partial charge on any atom is -0.543 e. The van der Waals surface area contributed by atoms with E-state index in [1.165, 1.54) is 11.5 Å². The van der Waals surface area contributed by atoms with Crippen LogP contribution in [0.3, 0.4) is 0 Å². The number of hydrogen-bond donors (Lipinski definition) is 0. The Balaban J connectivity index is 3.05. The number of aromatic nitrogens is 1. The van der Waals surface area contributed by atoms with Crippen LogP contribution < -0.4 is 5.11 Å². The van der Waals surface area contributed by atoms with Crippen molar-refractivity contribution < 1.29 is 14.7 Å². The fraction of sp³-hybridized carbons (Fsp3) is 0.167. The largest absolute Gasteiger partial charge is 0.543 e. The normalized spacial score (nSPS) is 10.8. The predicted octanol–water partition coefficient (Wildman–Crippen LogP) is 1.51. The molecule has 0 bridgehead atoms. The minimum absolute atomic E-state index is 0.0839. The van der Waals surface area contributed by atoms with Gasteiger partial charge in [0.1, 0.15) is 0 Å². The molecule has 88 valence electrons. The van der Waals surface area contributed by atoms with E-state index in [4.69, 9.17) is 0 Å². The van der Waals surface area contributed by atoms with Crippen molar-refractivity contribution in [3.05, 3.63) is 33.9 Å². The molecule has 1 aromatic heterocycles. The Morgan fingerprint density at radius 2 is 2.00 bits per heavy atom. The van der Waals surface area contributed by atoms with Gasteiger partial charge < -0.3 is 14.5 Å². The third-order valence-corrected chi connectivity index (χ3v) is 3.38. The van der Waals surface area contributed by atoms with E-state index in [1.54, 1.807) is 25.2 Å². The Bertz CT molecular complexity index is 643. The summed E-state index contributed by atoms with van der Waals surface area (Å²) in [5.74, 6) is -1.64. The maximum Gasteiger partial charge on any atom is 0.162 e. The summed E-state index contributed by atoms with van der Waals surface area (Å²) in [6.07, 6.45) is 0. The van der Waals surface area contributed by atoms with Crippen LogP contribution in [0.25, 0.3) is 10.9 Å². The van der Waals surface area contributed by atoms with Gasteiger partial charge in [-0.1, -0.05) is 22.0 Å². The zero-order chi connectivity index (χ0) is 12.7. The van der Waals surface area contributed by atoms with Gasteiger partial charge in [-0.05, 0) is 19.1 Å². The molecule has 17 heavy (non-hydrogen) atoms. The van der Waals surface area contributed by atoms with Gasteiger partial charge in [0.15, 0.2) is 5.78 Å². The number of aryl methyl sites for hydroxylation is 1. The number of carbonyl (C=O) groups is 2. The third-order valence-electron chi connectivity index (χ3n) is 2.72. The average molecular weight is 295 g/mol. The van der Waals surface area contributed by atoms with Gasteiger partial charge in [-0.2, -0.15) is 0 Å². The maximum absolute atomic E-state index is 11.6. The number of halogens is 1. The van der Waals surface area contributed by atoms with Crippen LogP contribution >= 0.6 is 15.9 Å². The first-order chi connectivity index (χ1) is 7.95. The van der Waals surface area contributed by atoms with Gasteiger partial charge in [-0.25, -0.2) is 0 Å². The van der Waals surface area contributed by atoms with Crippen LogP contribution in [-0.2, 0) is 7.05 Å². The molecule has 1 aromatic carbocycles. The van der Waals surface area contributed by atoms with E-state index in [2.05, 4.69) is 15.9 Å². The molecule has 5 heteroatoms. The highest BCUT2D eigenvalue weighted by molar-refractivity contribution is 9.10. The van der Waals surface area contributed by atoms with Crippen LogP contribution in [0.4, 0.5) is 0 Å². The summed E-state index contributed by atoms with van der Waals surface area (Å²) in [6.45, 7) is 1.35. The number of fused-ring (bicyclic) bond motifs is 1. The fourth-order valence-corrected chi connectivity index (χ4v) is 2.58. The average Bonchev–Trinajstić information content (AvgIpc) is 2.54. The zero-order valence-corrected chi connectivity index (χ0v) is 10.9. The monoisotopic (exact) mass is 294 g/mol. The van der Waals surface area contributed by atoms with Crippen LogP contribution in [0.2, 0.25) is 0 Å². The molecular weight excluding hydrogens is 286 g/mol.